The van der Waals surface area contributed by atoms with Crippen LogP contribution < -0.4 is 10.5 Å². The van der Waals surface area contributed by atoms with Crippen molar-refractivity contribution in [2.45, 2.75) is 13.5 Å². The molecule has 1 amide bonds. The van der Waals surface area contributed by atoms with Crippen LogP contribution >= 0.6 is 11.6 Å². The number of aryl methyl sites for hydroxylation is 1. The van der Waals surface area contributed by atoms with E-state index < -0.39 is 5.63 Å². The molecule has 5 rings (SSSR count). The van der Waals surface area contributed by atoms with Crippen LogP contribution in [-0.2, 0) is 11.3 Å². The molecular formula is C23H21ClN4O3. The van der Waals surface area contributed by atoms with Crippen LogP contribution in [-0.4, -0.2) is 46.8 Å². The van der Waals surface area contributed by atoms with Crippen LogP contribution in [0, 0.1) is 6.92 Å². The van der Waals surface area contributed by atoms with Crippen molar-refractivity contribution in [3.05, 3.63) is 69.7 Å². The van der Waals surface area contributed by atoms with Gasteiger partial charge in [0.05, 0.1) is 11.7 Å². The predicted molar refractivity (Wildman–Crippen MR) is 121 cm³/mol. The second kappa shape index (κ2) is 7.74. The van der Waals surface area contributed by atoms with Crippen molar-refractivity contribution in [1.82, 2.24) is 14.7 Å². The van der Waals surface area contributed by atoms with Gasteiger partial charge in [0.1, 0.15) is 17.5 Å². The minimum atomic E-state index is -0.446. The lowest BCUT2D eigenvalue weighted by Gasteiger charge is -2.37. The van der Waals surface area contributed by atoms with Crippen LogP contribution in [0.2, 0.25) is 5.02 Å². The summed E-state index contributed by atoms with van der Waals surface area (Å²) in [7, 11) is 0. The van der Waals surface area contributed by atoms with E-state index in [1.165, 1.54) is 6.20 Å². The Hall–Kier alpha value is -3.32. The van der Waals surface area contributed by atoms with Gasteiger partial charge in [-0.05, 0) is 36.8 Å². The fourth-order valence-corrected chi connectivity index (χ4v) is 4.36. The number of piperazine rings is 1. The first-order valence-corrected chi connectivity index (χ1v) is 10.6. The van der Waals surface area contributed by atoms with Crippen molar-refractivity contribution in [3.8, 4) is 0 Å². The number of hydrogen-bond donors (Lipinski definition) is 0. The minimum Gasteiger partial charge on any atom is -0.422 e. The highest BCUT2D eigenvalue weighted by atomic mass is 35.5. The molecule has 1 aliphatic heterocycles. The third-order valence-electron chi connectivity index (χ3n) is 5.83. The summed E-state index contributed by atoms with van der Waals surface area (Å²) in [4.78, 5) is 29.4. The number of halogens is 1. The van der Waals surface area contributed by atoms with Crippen molar-refractivity contribution in [1.29, 1.82) is 0 Å². The Labute approximate surface area is 183 Å². The summed E-state index contributed by atoms with van der Waals surface area (Å²) in [6.45, 7) is 4.85. The maximum atomic E-state index is 13.0. The third kappa shape index (κ3) is 3.55. The maximum absolute atomic E-state index is 13.0. The monoisotopic (exact) mass is 436 g/mol. The summed E-state index contributed by atoms with van der Waals surface area (Å²) >= 11 is 6.17. The molecule has 1 saturated heterocycles. The van der Waals surface area contributed by atoms with E-state index in [9.17, 15) is 9.59 Å². The average Bonchev–Trinajstić information content (AvgIpc) is 3.20. The highest BCUT2D eigenvalue weighted by Crippen LogP contribution is 2.26. The average molecular weight is 437 g/mol. The number of anilines is 1. The molecule has 4 aromatic rings. The van der Waals surface area contributed by atoms with E-state index in [-0.39, 0.29) is 12.5 Å². The summed E-state index contributed by atoms with van der Waals surface area (Å²) in [6.07, 6.45) is 1.47. The summed E-state index contributed by atoms with van der Waals surface area (Å²) in [5.74, 6) is -0.0233. The number of para-hydroxylation sites is 1. The van der Waals surface area contributed by atoms with Gasteiger partial charge in [0.2, 0.25) is 5.91 Å². The molecular weight excluding hydrogens is 416 g/mol. The molecule has 158 valence electrons. The summed E-state index contributed by atoms with van der Waals surface area (Å²) in [5.41, 5.74) is 2.94. The Kier molecular flexibility index (Phi) is 4.90. The van der Waals surface area contributed by atoms with Gasteiger partial charge in [0, 0.05) is 42.3 Å². The van der Waals surface area contributed by atoms with E-state index in [1.54, 1.807) is 10.7 Å². The molecule has 0 bridgehead atoms. The largest absolute Gasteiger partial charge is 0.422 e. The lowest BCUT2D eigenvalue weighted by molar-refractivity contribution is -0.132. The lowest BCUT2D eigenvalue weighted by Crippen LogP contribution is -2.49. The number of aromatic nitrogens is 2. The Morgan fingerprint density at radius 2 is 1.87 bits per heavy atom. The molecule has 8 heteroatoms. The molecule has 0 atom stereocenters. The molecule has 0 saturated carbocycles. The second-order valence-electron chi connectivity index (χ2n) is 7.75. The number of fused-ring (bicyclic) bond motifs is 3. The minimum absolute atomic E-state index is 0.0233. The van der Waals surface area contributed by atoms with Crippen molar-refractivity contribution < 1.29 is 9.21 Å². The zero-order valence-corrected chi connectivity index (χ0v) is 17.8. The Morgan fingerprint density at radius 1 is 1.10 bits per heavy atom. The quantitative estimate of drug-likeness (QED) is 0.460. The van der Waals surface area contributed by atoms with Crippen LogP contribution in [0.4, 0.5) is 5.69 Å². The first kappa shape index (κ1) is 19.6. The molecule has 31 heavy (non-hydrogen) atoms. The van der Waals surface area contributed by atoms with Crippen LogP contribution in [0.1, 0.15) is 5.56 Å². The zero-order valence-electron chi connectivity index (χ0n) is 17.0. The molecule has 0 radical (unpaired) electrons. The van der Waals surface area contributed by atoms with Gasteiger partial charge in [-0.25, -0.2) is 4.79 Å². The van der Waals surface area contributed by atoms with E-state index in [0.29, 0.717) is 34.6 Å². The van der Waals surface area contributed by atoms with Gasteiger partial charge < -0.3 is 14.2 Å². The van der Waals surface area contributed by atoms with Crippen molar-refractivity contribution in [3.63, 3.8) is 0 Å². The van der Waals surface area contributed by atoms with Gasteiger partial charge in [-0.1, -0.05) is 29.8 Å². The molecule has 1 aliphatic rings. The SMILES string of the molecule is Cc1ccc(Cl)cc1N1CCN(C(=O)Cn2ncc3c(=O)oc4ccccc4c32)CC1. The summed E-state index contributed by atoms with van der Waals surface area (Å²) < 4.78 is 6.96. The molecule has 1 fully saturated rings. The van der Waals surface area contributed by atoms with E-state index in [0.717, 1.165) is 29.7 Å². The van der Waals surface area contributed by atoms with E-state index in [4.69, 9.17) is 16.0 Å². The molecule has 2 aromatic heterocycles. The first-order chi connectivity index (χ1) is 15.0. The Balaban J connectivity index is 1.35. The molecule has 7 nitrogen and oxygen atoms in total. The number of benzene rings is 2. The van der Waals surface area contributed by atoms with Crippen molar-refractivity contribution >= 4 is 45.1 Å². The van der Waals surface area contributed by atoms with Crippen molar-refractivity contribution in [2.75, 3.05) is 31.1 Å². The van der Waals surface area contributed by atoms with Gasteiger partial charge >= 0.3 is 5.63 Å². The smallest absolute Gasteiger partial charge is 0.347 e. The number of carbonyl (C=O) groups excluding carboxylic acids is 1. The van der Waals surface area contributed by atoms with E-state index in [2.05, 4.69) is 16.9 Å². The molecule has 0 aliphatic carbocycles. The van der Waals surface area contributed by atoms with Gasteiger partial charge in [0.25, 0.3) is 0 Å². The summed E-state index contributed by atoms with van der Waals surface area (Å²) in [5, 5.41) is 6.17. The Morgan fingerprint density at radius 3 is 2.68 bits per heavy atom. The van der Waals surface area contributed by atoms with Gasteiger partial charge in [-0.3, -0.25) is 9.48 Å². The lowest BCUT2D eigenvalue weighted by atomic mass is 10.1. The Bertz CT molecular complexity index is 1350. The van der Waals surface area contributed by atoms with E-state index >= 15 is 0 Å². The standard InChI is InChI=1S/C23H21ClN4O3/c1-15-6-7-16(24)12-19(15)26-8-10-27(11-9-26)21(29)14-28-22-17-4-2-3-5-20(17)31-23(30)18(22)13-25-28/h2-7,12-13H,8-11,14H2,1H3. The molecule has 3 heterocycles. The number of nitrogens with zero attached hydrogens (tertiary/aromatic N) is 4. The fraction of sp³-hybridized carbons (Fsp3) is 0.261. The predicted octanol–water partition coefficient (Wildman–Crippen LogP) is 3.45. The van der Waals surface area contributed by atoms with Gasteiger partial charge in [-0.15, -0.1) is 0 Å². The molecule has 0 spiro atoms. The van der Waals surface area contributed by atoms with Crippen LogP contribution in [0.5, 0.6) is 0 Å². The second-order valence-corrected chi connectivity index (χ2v) is 8.19. The normalized spacial score (nSPS) is 14.5. The third-order valence-corrected chi connectivity index (χ3v) is 6.07. The zero-order chi connectivity index (χ0) is 21.5. The van der Waals surface area contributed by atoms with E-state index in [1.807, 2.05) is 41.3 Å². The molecule has 0 N–H and O–H groups in total. The number of amides is 1. The number of hydrogen-bond acceptors (Lipinski definition) is 5. The van der Waals surface area contributed by atoms with Gasteiger partial charge in [-0.2, -0.15) is 5.10 Å². The molecule has 2 aromatic carbocycles. The van der Waals surface area contributed by atoms with Crippen LogP contribution in [0.3, 0.4) is 0 Å². The summed E-state index contributed by atoms with van der Waals surface area (Å²) in [6, 6.07) is 13.2. The van der Waals surface area contributed by atoms with Crippen LogP contribution in [0.15, 0.2) is 57.9 Å². The fourth-order valence-electron chi connectivity index (χ4n) is 4.19. The van der Waals surface area contributed by atoms with Crippen molar-refractivity contribution in [2.24, 2.45) is 0 Å². The van der Waals surface area contributed by atoms with Gasteiger partial charge in [0.15, 0.2) is 0 Å². The topological polar surface area (TPSA) is 71.6 Å². The number of carbonyl (C=O) groups is 1. The molecule has 0 unspecified atom stereocenters. The maximum Gasteiger partial charge on any atom is 0.347 e. The number of rotatable bonds is 3. The van der Waals surface area contributed by atoms with Crippen LogP contribution in [0.25, 0.3) is 21.9 Å². The first-order valence-electron chi connectivity index (χ1n) is 10.2. The highest BCUT2D eigenvalue weighted by Gasteiger charge is 2.24. The highest BCUT2D eigenvalue weighted by molar-refractivity contribution is 6.30.